The molecule has 50 heavy (non-hydrogen) atoms. The minimum absolute atomic E-state index is 0.108. The van der Waals surface area contributed by atoms with E-state index in [0.717, 1.165) is 24.0 Å². The lowest BCUT2D eigenvalue weighted by Crippen LogP contribution is -2.48. The van der Waals surface area contributed by atoms with Crippen LogP contribution < -0.4 is 5.73 Å². The Labute approximate surface area is 294 Å². The maximum atomic E-state index is 13.8. The third kappa shape index (κ3) is 17.0. The molecule has 2 aromatic carbocycles. The molecule has 0 saturated carbocycles. The summed E-state index contributed by atoms with van der Waals surface area (Å²) in [6.07, 6.45) is 1.08. The van der Waals surface area contributed by atoms with Gasteiger partial charge in [-0.2, -0.15) is 0 Å². The molecular formula is C35H52N3O11P. The van der Waals surface area contributed by atoms with E-state index >= 15 is 0 Å². The molecule has 2 rings (SSSR count). The molecule has 0 radical (unpaired) electrons. The van der Waals surface area contributed by atoms with Gasteiger partial charge in [0.2, 0.25) is 5.96 Å². The van der Waals surface area contributed by atoms with Crippen LogP contribution in [0.5, 0.6) is 0 Å². The Kier molecular flexibility index (Phi) is 19.0. The van der Waals surface area contributed by atoms with Crippen molar-refractivity contribution < 1.29 is 52.1 Å². The number of carboxylic acid groups (broad SMARTS) is 1. The fraction of sp³-hybridized carbons (Fsp3) is 0.543. The maximum Gasteiger partial charge on any atom is 0.508 e. The minimum atomic E-state index is -4.35. The van der Waals surface area contributed by atoms with Crippen LogP contribution in [0.1, 0.15) is 51.7 Å². The Morgan fingerprint density at radius 3 is 1.54 bits per heavy atom. The second kappa shape index (κ2) is 22.6. The molecule has 3 N–H and O–H groups in total. The van der Waals surface area contributed by atoms with Gasteiger partial charge in [0.05, 0.1) is 39.6 Å². The lowest BCUT2D eigenvalue weighted by molar-refractivity contribution is -0.142. The van der Waals surface area contributed by atoms with E-state index in [1.165, 1.54) is 11.9 Å². The molecule has 15 heteroatoms. The molecule has 0 heterocycles. The fourth-order valence-corrected chi connectivity index (χ4v) is 6.00. The normalized spacial score (nSPS) is 14.6. The van der Waals surface area contributed by atoms with Gasteiger partial charge in [-0.1, -0.05) is 88.4 Å². The van der Waals surface area contributed by atoms with Gasteiger partial charge in [0.15, 0.2) is 0 Å². The van der Waals surface area contributed by atoms with Crippen LogP contribution in [0, 0.1) is 17.8 Å². The number of aliphatic carboxylic acids is 1. The summed E-state index contributed by atoms with van der Waals surface area (Å²) in [5.41, 5.74) is 8.35. The second-order valence-corrected chi connectivity index (χ2v) is 14.0. The van der Waals surface area contributed by atoms with Gasteiger partial charge in [0.25, 0.3) is 0 Å². The first-order valence-electron chi connectivity index (χ1n) is 16.7. The Morgan fingerprint density at radius 2 is 1.16 bits per heavy atom. The van der Waals surface area contributed by atoms with Crippen molar-refractivity contribution in [2.24, 2.45) is 28.3 Å². The van der Waals surface area contributed by atoms with Crippen molar-refractivity contribution in [1.29, 1.82) is 0 Å². The molecule has 0 bridgehead atoms. The van der Waals surface area contributed by atoms with E-state index in [1.807, 2.05) is 60.7 Å². The highest BCUT2D eigenvalue weighted by molar-refractivity contribution is 7.52. The monoisotopic (exact) mass is 721 g/mol. The Bertz CT molecular complexity index is 1300. The molecule has 278 valence electrons. The highest BCUT2D eigenvalue weighted by atomic mass is 31.2. The number of carbonyl (C=O) groups excluding carboxylic acids is 2. The van der Waals surface area contributed by atoms with Crippen molar-refractivity contribution in [3.8, 4) is 0 Å². The fourth-order valence-electron chi connectivity index (χ4n) is 4.53. The first-order valence-corrected chi connectivity index (χ1v) is 18.2. The number of hydrogen-bond donors (Lipinski definition) is 2. The van der Waals surface area contributed by atoms with Gasteiger partial charge in [-0.15, -0.1) is 4.76 Å². The van der Waals surface area contributed by atoms with Gasteiger partial charge in [-0.25, -0.2) is 18.9 Å². The first kappa shape index (κ1) is 42.0. The zero-order valence-electron chi connectivity index (χ0n) is 29.6. The summed E-state index contributed by atoms with van der Waals surface area (Å²) in [6, 6.07) is 18.5. The van der Waals surface area contributed by atoms with Crippen LogP contribution in [-0.2, 0) is 50.2 Å². The number of nitrogens with two attached hydrogens (primary N) is 1. The predicted molar refractivity (Wildman–Crippen MR) is 188 cm³/mol. The third-order valence-corrected chi connectivity index (χ3v) is 8.65. The molecule has 0 spiro atoms. The molecule has 0 aromatic heterocycles. The highest BCUT2D eigenvalue weighted by Gasteiger charge is 2.32. The molecule has 0 aliphatic carbocycles. The zero-order valence-corrected chi connectivity index (χ0v) is 30.5. The van der Waals surface area contributed by atoms with Crippen LogP contribution in [-0.4, -0.2) is 87.0 Å². The van der Waals surface area contributed by atoms with Gasteiger partial charge in [0, 0.05) is 18.9 Å². The molecular weight excluding hydrogens is 669 g/mol. The van der Waals surface area contributed by atoms with Crippen LogP contribution in [0.4, 0.5) is 9.59 Å². The summed E-state index contributed by atoms with van der Waals surface area (Å²) < 4.78 is 49.6. The van der Waals surface area contributed by atoms with E-state index in [4.69, 9.17) is 33.7 Å². The van der Waals surface area contributed by atoms with E-state index in [-0.39, 0.29) is 51.5 Å². The first-order chi connectivity index (χ1) is 23.8. The van der Waals surface area contributed by atoms with E-state index in [2.05, 4.69) is 4.76 Å². The van der Waals surface area contributed by atoms with Crippen molar-refractivity contribution in [1.82, 2.24) is 4.90 Å². The number of benzene rings is 2. The van der Waals surface area contributed by atoms with E-state index in [9.17, 15) is 24.1 Å². The predicted octanol–water partition coefficient (Wildman–Crippen LogP) is 6.33. The number of nitrogens with zero attached hydrogens (tertiary/aromatic N) is 2. The van der Waals surface area contributed by atoms with Crippen molar-refractivity contribution in [2.45, 2.75) is 59.4 Å². The molecule has 0 amide bonds. The lowest BCUT2D eigenvalue weighted by Gasteiger charge is -2.29. The molecule has 0 aliphatic heterocycles. The summed E-state index contributed by atoms with van der Waals surface area (Å²) in [7, 11) is -2.94. The SMILES string of the molecule is CC(COC(=O)OCCCc1ccccc1)COP(=O)(N=C(N)N(C)C(C(=O)O)C(C)C)OCC(C)COC(=O)OCCCc1ccccc1. The molecule has 0 fully saturated rings. The number of aryl methyl sites for hydroxylation is 2. The van der Waals surface area contributed by atoms with Gasteiger partial charge >= 0.3 is 26.0 Å². The van der Waals surface area contributed by atoms with Gasteiger partial charge < -0.3 is 34.7 Å². The largest absolute Gasteiger partial charge is 0.508 e. The number of rotatable bonds is 22. The van der Waals surface area contributed by atoms with E-state index < -0.39 is 43.9 Å². The number of hydrogen-bond acceptors (Lipinski definition) is 10. The average Bonchev–Trinajstić information content (AvgIpc) is 3.09. The molecule has 0 aliphatic rings. The molecule has 3 atom stereocenters. The van der Waals surface area contributed by atoms with Crippen LogP contribution in [0.25, 0.3) is 0 Å². The number of likely N-dealkylation sites (N-methyl/N-ethyl adjacent to an activating group) is 1. The highest BCUT2D eigenvalue weighted by Crippen LogP contribution is 2.50. The standard InChI is InChI=1S/C35H52N3O11P/c1-26(2)31(32(39)40)38(5)33(36)37-50(43,48-24-27(3)22-46-34(41)44-20-12-18-29-14-8-6-9-15-29)49-25-28(4)23-47-35(42)45-21-13-19-30-16-10-7-11-17-30/h6-11,14-17,26-28,31H,12-13,18-25H2,1-5H3,(H,39,40)(H2,36,37,43). The van der Waals surface area contributed by atoms with Gasteiger partial charge in [0.1, 0.15) is 6.04 Å². The van der Waals surface area contributed by atoms with E-state index in [1.54, 1.807) is 27.7 Å². The number of guanidine groups is 1. The summed E-state index contributed by atoms with van der Waals surface area (Å²) in [4.78, 5) is 37.2. The zero-order chi connectivity index (χ0) is 36.9. The van der Waals surface area contributed by atoms with Crippen molar-refractivity contribution in [3.05, 3.63) is 71.8 Å². The number of carboxylic acids is 1. The maximum absolute atomic E-state index is 13.8. The average molecular weight is 722 g/mol. The van der Waals surface area contributed by atoms with Crippen molar-refractivity contribution >= 4 is 32.0 Å². The summed E-state index contributed by atoms with van der Waals surface area (Å²) in [6.45, 7) is 6.49. The Hall–Kier alpha value is -4.13. The minimum Gasteiger partial charge on any atom is -0.480 e. The van der Waals surface area contributed by atoms with Crippen LogP contribution >= 0.6 is 7.75 Å². The number of ether oxygens (including phenoxy) is 4. The van der Waals surface area contributed by atoms with Crippen LogP contribution in [0.3, 0.4) is 0 Å². The summed E-state index contributed by atoms with van der Waals surface area (Å²) in [5.74, 6) is -2.80. The quantitative estimate of drug-likeness (QED) is 0.0452. The van der Waals surface area contributed by atoms with E-state index in [0.29, 0.717) is 12.8 Å². The lowest BCUT2D eigenvalue weighted by atomic mass is 10.0. The molecule has 3 unspecified atom stereocenters. The topological polar surface area (TPSA) is 186 Å². The third-order valence-electron chi connectivity index (χ3n) is 7.25. The Balaban J connectivity index is 1.89. The Morgan fingerprint density at radius 1 is 0.740 bits per heavy atom. The van der Waals surface area contributed by atoms with Crippen LogP contribution in [0.15, 0.2) is 65.4 Å². The summed E-state index contributed by atoms with van der Waals surface area (Å²) in [5, 5.41) is 9.67. The van der Waals surface area contributed by atoms with Crippen molar-refractivity contribution in [2.75, 3.05) is 46.7 Å². The smallest absolute Gasteiger partial charge is 0.480 e. The molecule has 0 saturated heterocycles. The number of carbonyl (C=O) groups is 3. The van der Waals surface area contributed by atoms with Crippen LogP contribution in [0.2, 0.25) is 0 Å². The second-order valence-electron chi connectivity index (χ2n) is 12.4. The molecule has 14 nitrogen and oxygen atoms in total. The van der Waals surface area contributed by atoms with Gasteiger partial charge in [-0.05, 0) is 42.7 Å². The molecule has 2 aromatic rings. The van der Waals surface area contributed by atoms with Gasteiger partial charge in [-0.3, -0.25) is 9.05 Å². The van der Waals surface area contributed by atoms with Crippen molar-refractivity contribution in [3.63, 3.8) is 0 Å². The summed E-state index contributed by atoms with van der Waals surface area (Å²) >= 11 is 0.